The van der Waals surface area contributed by atoms with Crippen LogP contribution in [0.2, 0.25) is 0 Å². The molecule has 0 N–H and O–H groups in total. The molecule has 0 fully saturated rings. The van der Waals surface area contributed by atoms with Crippen molar-refractivity contribution in [3.63, 3.8) is 0 Å². The van der Waals surface area contributed by atoms with Crippen molar-refractivity contribution < 1.29 is 23.4 Å². The van der Waals surface area contributed by atoms with Gasteiger partial charge in [0.1, 0.15) is 11.5 Å². The number of hydrogen-bond acceptors (Lipinski definition) is 6. The van der Waals surface area contributed by atoms with Crippen LogP contribution in [-0.2, 0) is 6.54 Å². The van der Waals surface area contributed by atoms with E-state index < -0.39 is 5.76 Å². The van der Waals surface area contributed by atoms with Crippen molar-refractivity contribution in [2.24, 2.45) is 0 Å². The molecule has 1 aliphatic heterocycles. The third kappa shape index (κ3) is 3.58. The second-order valence-corrected chi connectivity index (χ2v) is 7.28. The van der Waals surface area contributed by atoms with Gasteiger partial charge < -0.3 is 23.4 Å². The summed E-state index contributed by atoms with van der Waals surface area (Å²) in [5.41, 5.74) is 3.19. The third-order valence-electron chi connectivity index (χ3n) is 5.39. The first kappa shape index (κ1) is 19.8. The van der Waals surface area contributed by atoms with Crippen molar-refractivity contribution in [3.8, 4) is 45.6 Å². The minimum atomic E-state index is -0.445. The molecule has 162 valence electrons. The highest BCUT2D eigenvalue weighted by Gasteiger charge is 2.21. The number of oxazole rings is 1. The lowest BCUT2D eigenvalue weighted by molar-refractivity contribution is 0.174. The Morgan fingerprint density at radius 3 is 2.09 bits per heavy atom. The first-order valence-corrected chi connectivity index (χ1v) is 10.1. The Morgan fingerprint density at radius 2 is 1.44 bits per heavy atom. The molecule has 5 rings (SSSR count). The summed E-state index contributed by atoms with van der Waals surface area (Å²) in [6.07, 6.45) is 0. The molecule has 0 bridgehead atoms. The lowest BCUT2D eigenvalue weighted by Gasteiger charge is -2.10. The number of ether oxygens (including phenoxy) is 4. The minimum absolute atomic E-state index is 0.198. The van der Waals surface area contributed by atoms with Gasteiger partial charge in [-0.1, -0.05) is 6.07 Å². The summed E-state index contributed by atoms with van der Waals surface area (Å²) in [5.74, 6) is 2.86. The molecule has 0 saturated carbocycles. The first-order chi connectivity index (χ1) is 15.7. The number of nitrogens with zero attached hydrogens (tertiary/aromatic N) is 1. The first-order valence-electron chi connectivity index (χ1n) is 10.1. The van der Waals surface area contributed by atoms with E-state index in [2.05, 4.69) is 0 Å². The van der Waals surface area contributed by atoms with E-state index in [1.54, 1.807) is 18.8 Å². The smallest absolute Gasteiger partial charge is 0.420 e. The van der Waals surface area contributed by atoms with Crippen molar-refractivity contribution in [2.45, 2.75) is 6.54 Å². The summed E-state index contributed by atoms with van der Waals surface area (Å²) >= 11 is 0. The lowest BCUT2D eigenvalue weighted by atomic mass is 10.0. The summed E-state index contributed by atoms with van der Waals surface area (Å²) in [5, 5.41) is 0. The van der Waals surface area contributed by atoms with Crippen molar-refractivity contribution in [1.82, 2.24) is 4.57 Å². The summed E-state index contributed by atoms with van der Waals surface area (Å²) < 4.78 is 28.8. The second-order valence-electron chi connectivity index (χ2n) is 7.28. The normalized spacial score (nSPS) is 12.1. The molecular formula is C25H21NO6. The molecule has 2 heterocycles. The molecule has 0 spiro atoms. The molecule has 0 atom stereocenters. The fourth-order valence-corrected chi connectivity index (χ4v) is 3.74. The molecule has 0 aliphatic carbocycles. The predicted molar refractivity (Wildman–Crippen MR) is 119 cm³/mol. The fraction of sp³-hybridized carbons (Fsp3) is 0.160. The van der Waals surface area contributed by atoms with Gasteiger partial charge in [0.05, 0.1) is 26.5 Å². The summed E-state index contributed by atoms with van der Waals surface area (Å²) in [6, 6.07) is 20.6. The standard InChI is InChI=1S/C25H21NO6/c1-28-19-8-4-17(5-9-19)23-24(18-6-10-20(29-2)11-7-18)32-25(27)26(23)14-16-3-12-21-22(13-16)31-15-30-21/h3-13H,14-15H2,1-2H3. The Labute approximate surface area is 184 Å². The van der Waals surface area contributed by atoms with Crippen LogP contribution in [0.5, 0.6) is 23.0 Å². The lowest BCUT2D eigenvalue weighted by Crippen LogP contribution is -2.16. The van der Waals surface area contributed by atoms with Gasteiger partial charge in [-0.05, 0) is 66.2 Å². The summed E-state index contributed by atoms with van der Waals surface area (Å²) in [6.45, 7) is 0.514. The zero-order chi connectivity index (χ0) is 22.1. The zero-order valence-electron chi connectivity index (χ0n) is 17.7. The molecule has 0 saturated heterocycles. The summed E-state index contributed by atoms with van der Waals surface area (Å²) in [4.78, 5) is 13.0. The predicted octanol–water partition coefficient (Wildman–Crippen LogP) is 4.57. The zero-order valence-corrected chi connectivity index (χ0v) is 17.7. The van der Waals surface area contributed by atoms with Crippen LogP contribution in [0.4, 0.5) is 0 Å². The third-order valence-corrected chi connectivity index (χ3v) is 5.39. The highest BCUT2D eigenvalue weighted by atomic mass is 16.7. The molecule has 1 aromatic heterocycles. The van der Waals surface area contributed by atoms with Gasteiger partial charge in [-0.15, -0.1) is 0 Å². The SMILES string of the molecule is COc1ccc(-c2oc(=O)n(Cc3ccc4c(c3)OCO4)c2-c2ccc(OC)cc2)cc1. The fourth-order valence-electron chi connectivity index (χ4n) is 3.74. The van der Waals surface area contributed by atoms with Gasteiger partial charge in [-0.3, -0.25) is 4.57 Å². The maximum atomic E-state index is 13.0. The number of fused-ring (bicyclic) bond motifs is 1. The number of benzene rings is 3. The van der Waals surface area contributed by atoms with E-state index in [0.29, 0.717) is 29.5 Å². The molecule has 0 unspecified atom stereocenters. The molecule has 3 aromatic carbocycles. The minimum Gasteiger partial charge on any atom is -0.497 e. The van der Waals surface area contributed by atoms with Crippen LogP contribution in [0.1, 0.15) is 5.56 Å². The molecule has 0 amide bonds. The van der Waals surface area contributed by atoms with Crippen LogP contribution < -0.4 is 24.7 Å². The van der Waals surface area contributed by atoms with Gasteiger partial charge in [-0.2, -0.15) is 0 Å². The molecular weight excluding hydrogens is 410 g/mol. The molecule has 1 aliphatic rings. The Hall–Kier alpha value is -4.13. The van der Waals surface area contributed by atoms with E-state index in [1.165, 1.54) is 0 Å². The van der Waals surface area contributed by atoms with Crippen molar-refractivity contribution >= 4 is 0 Å². The topological polar surface area (TPSA) is 72.1 Å². The largest absolute Gasteiger partial charge is 0.497 e. The van der Waals surface area contributed by atoms with Gasteiger partial charge >= 0.3 is 5.76 Å². The number of methoxy groups -OCH3 is 2. The van der Waals surface area contributed by atoms with Gasteiger partial charge in [0, 0.05) is 11.1 Å². The van der Waals surface area contributed by atoms with Gasteiger partial charge in [0.25, 0.3) is 0 Å². The number of aromatic nitrogens is 1. The van der Waals surface area contributed by atoms with Crippen LogP contribution in [0.25, 0.3) is 22.6 Å². The Balaban J connectivity index is 1.63. The Morgan fingerprint density at radius 1 is 0.812 bits per heavy atom. The second kappa shape index (κ2) is 8.19. The molecule has 32 heavy (non-hydrogen) atoms. The molecule has 0 radical (unpaired) electrons. The van der Waals surface area contributed by atoms with Crippen molar-refractivity contribution in [3.05, 3.63) is 82.8 Å². The monoisotopic (exact) mass is 431 g/mol. The highest BCUT2D eigenvalue weighted by molar-refractivity contribution is 5.77. The van der Waals surface area contributed by atoms with E-state index in [1.807, 2.05) is 66.7 Å². The van der Waals surface area contributed by atoms with Crippen LogP contribution >= 0.6 is 0 Å². The maximum Gasteiger partial charge on any atom is 0.420 e. The molecule has 4 aromatic rings. The van der Waals surface area contributed by atoms with Crippen LogP contribution in [0.15, 0.2) is 75.9 Å². The van der Waals surface area contributed by atoms with Crippen LogP contribution in [-0.4, -0.2) is 25.6 Å². The quantitative estimate of drug-likeness (QED) is 0.445. The Kier molecular flexibility index (Phi) is 5.07. The highest BCUT2D eigenvalue weighted by Crippen LogP contribution is 2.36. The van der Waals surface area contributed by atoms with Gasteiger partial charge in [0.15, 0.2) is 17.3 Å². The molecule has 7 heteroatoms. The van der Waals surface area contributed by atoms with Gasteiger partial charge in [0.2, 0.25) is 6.79 Å². The average Bonchev–Trinajstić information content (AvgIpc) is 3.43. The van der Waals surface area contributed by atoms with Crippen LogP contribution in [0.3, 0.4) is 0 Å². The number of rotatable bonds is 6. The average molecular weight is 431 g/mol. The van der Waals surface area contributed by atoms with Crippen molar-refractivity contribution in [2.75, 3.05) is 21.0 Å². The van der Waals surface area contributed by atoms with E-state index in [0.717, 1.165) is 28.2 Å². The van der Waals surface area contributed by atoms with Crippen molar-refractivity contribution in [1.29, 1.82) is 0 Å². The van der Waals surface area contributed by atoms with Gasteiger partial charge in [-0.25, -0.2) is 4.79 Å². The maximum absolute atomic E-state index is 13.0. The van der Waals surface area contributed by atoms with E-state index in [-0.39, 0.29) is 6.79 Å². The number of hydrogen-bond donors (Lipinski definition) is 0. The van der Waals surface area contributed by atoms with E-state index >= 15 is 0 Å². The van der Waals surface area contributed by atoms with E-state index in [9.17, 15) is 4.79 Å². The van der Waals surface area contributed by atoms with Crippen LogP contribution in [0, 0.1) is 0 Å². The summed E-state index contributed by atoms with van der Waals surface area (Å²) in [7, 11) is 3.23. The Bertz CT molecular complexity index is 1300. The molecule has 7 nitrogen and oxygen atoms in total. The van der Waals surface area contributed by atoms with E-state index in [4.69, 9.17) is 23.4 Å².